The molecule has 1 aromatic carbocycles. The molecule has 1 rings (SSSR count). The average Bonchev–Trinajstić information content (AvgIpc) is 2.14. The van der Waals surface area contributed by atoms with E-state index in [9.17, 15) is 18.3 Å². The Morgan fingerprint density at radius 3 is 2.33 bits per heavy atom. The summed E-state index contributed by atoms with van der Waals surface area (Å²) in [7, 11) is 0. The third-order valence-corrected chi connectivity index (χ3v) is 1.99. The molecule has 0 radical (unpaired) electrons. The maximum Gasteiger partial charge on any atom is 0.195 e. The van der Waals surface area contributed by atoms with E-state index in [1.165, 1.54) is 0 Å². The Hall–Kier alpha value is -0.940. The van der Waals surface area contributed by atoms with Gasteiger partial charge < -0.3 is 10.8 Å². The first-order valence-electron chi connectivity index (χ1n) is 4.11. The second-order valence-electron chi connectivity index (χ2n) is 2.93. The van der Waals surface area contributed by atoms with Crippen LogP contribution in [0.25, 0.3) is 0 Å². The molecule has 0 aliphatic heterocycles. The van der Waals surface area contributed by atoms with Gasteiger partial charge in [0.05, 0.1) is 0 Å². The standard InChI is InChI=1S/C9H10F3NO.ClH/c1-2-5(13)7-6(14)3-4(10)8(11)9(7)12;/h3,5,14H,2,13H2,1H3;1H/t5-;/m0./s1. The second kappa shape index (κ2) is 5.23. The first-order chi connectivity index (χ1) is 6.49. The van der Waals surface area contributed by atoms with Gasteiger partial charge in [-0.25, -0.2) is 13.2 Å². The second-order valence-corrected chi connectivity index (χ2v) is 2.93. The highest BCUT2D eigenvalue weighted by Gasteiger charge is 2.21. The maximum absolute atomic E-state index is 13.1. The zero-order valence-corrected chi connectivity index (χ0v) is 8.75. The van der Waals surface area contributed by atoms with Gasteiger partial charge in [0.25, 0.3) is 0 Å². The zero-order chi connectivity index (χ0) is 10.9. The molecule has 0 bridgehead atoms. The fraction of sp³-hybridized carbons (Fsp3) is 0.333. The van der Waals surface area contributed by atoms with Crippen LogP contribution in [0.15, 0.2) is 6.07 Å². The highest BCUT2D eigenvalue weighted by Crippen LogP contribution is 2.30. The fourth-order valence-electron chi connectivity index (χ4n) is 1.15. The van der Waals surface area contributed by atoms with Gasteiger partial charge in [0, 0.05) is 17.7 Å². The lowest BCUT2D eigenvalue weighted by atomic mass is 10.0. The largest absolute Gasteiger partial charge is 0.507 e. The Labute approximate surface area is 91.3 Å². The van der Waals surface area contributed by atoms with Crippen LogP contribution in [0.2, 0.25) is 0 Å². The van der Waals surface area contributed by atoms with Gasteiger partial charge in [-0.05, 0) is 6.42 Å². The summed E-state index contributed by atoms with van der Waals surface area (Å²) in [5, 5.41) is 9.17. The van der Waals surface area contributed by atoms with Gasteiger partial charge in [-0.1, -0.05) is 6.92 Å². The number of phenolic OH excluding ortho intramolecular Hbond substituents is 1. The van der Waals surface area contributed by atoms with Crippen LogP contribution in [0.1, 0.15) is 24.9 Å². The first kappa shape index (κ1) is 14.1. The van der Waals surface area contributed by atoms with Crippen molar-refractivity contribution in [1.82, 2.24) is 0 Å². The maximum atomic E-state index is 13.1. The topological polar surface area (TPSA) is 46.2 Å². The quantitative estimate of drug-likeness (QED) is 0.782. The molecule has 0 aliphatic rings. The van der Waals surface area contributed by atoms with Gasteiger partial charge in [-0.15, -0.1) is 12.4 Å². The van der Waals surface area contributed by atoms with Gasteiger partial charge in [0.15, 0.2) is 17.5 Å². The number of benzene rings is 1. The van der Waals surface area contributed by atoms with Crippen LogP contribution in [-0.2, 0) is 0 Å². The normalized spacial score (nSPS) is 12.1. The molecule has 0 unspecified atom stereocenters. The molecule has 0 spiro atoms. The molecule has 6 heteroatoms. The van der Waals surface area contributed by atoms with E-state index in [-0.39, 0.29) is 18.0 Å². The molecule has 0 aromatic heterocycles. The van der Waals surface area contributed by atoms with Crippen LogP contribution in [0.4, 0.5) is 13.2 Å². The molecule has 0 amide bonds. The van der Waals surface area contributed by atoms with E-state index >= 15 is 0 Å². The Kier molecular flexibility index (Phi) is 4.90. The third kappa shape index (κ3) is 2.54. The molecule has 0 saturated heterocycles. The molecule has 0 aliphatic carbocycles. The minimum atomic E-state index is -1.61. The Morgan fingerprint density at radius 1 is 1.33 bits per heavy atom. The number of hydrogen-bond acceptors (Lipinski definition) is 2. The molecular formula is C9H11ClF3NO. The van der Waals surface area contributed by atoms with Crippen LogP contribution in [0.3, 0.4) is 0 Å². The molecule has 3 N–H and O–H groups in total. The summed E-state index contributed by atoms with van der Waals surface area (Å²) in [5.41, 5.74) is 5.04. The first-order valence-corrected chi connectivity index (χ1v) is 4.11. The molecule has 15 heavy (non-hydrogen) atoms. The van der Waals surface area contributed by atoms with Crippen LogP contribution >= 0.6 is 12.4 Å². The van der Waals surface area contributed by atoms with Gasteiger partial charge in [0.2, 0.25) is 0 Å². The Balaban J connectivity index is 0.00000196. The van der Waals surface area contributed by atoms with E-state index in [0.29, 0.717) is 12.5 Å². The highest BCUT2D eigenvalue weighted by molar-refractivity contribution is 5.85. The Bertz CT molecular complexity index is 360. The fourth-order valence-corrected chi connectivity index (χ4v) is 1.15. The number of halogens is 4. The van der Waals surface area contributed by atoms with Crippen molar-refractivity contribution >= 4 is 12.4 Å². The minimum Gasteiger partial charge on any atom is -0.507 e. The van der Waals surface area contributed by atoms with E-state index in [2.05, 4.69) is 0 Å². The van der Waals surface area contributed by atoms with Crippen molar-refractivity contribution in [3.05, 3.63) is 29.1 Å². The molecule has 0 saturated carbocycles. The van der Waals surface area contributed by atoms with Crippen LogP contribution in [0, 0.1) is 17.5 Å². The predicted molar refractivity (Wildman–Crippen MR) is 52.4 cm³/mol. The number of phenols is 1. The summed E-state index contributed by atoms with van der Waals surface area (Å²) < 4.78 is 38.4. The zero-order valence-electron chi connectivity index (χ0n) is 7.93. The average molecular weight is 242 g/mol. The molecule has 0 fully saturated rings. The number of nitrogens with two attached hydrogens (primary N) is 1. The minimum absolute atomic E-state index is 0. The molecule has 1 aromatic rings. The van der Waals surface area contributed by atoms with Crippen molar-refractivity contribution < 1.29 is 18.3 Å². The van der Waals surface area contributed by atoms with E-state index in [1.807, 2.05) is 0 Å². The summed E-state index contributed by atoms with van der Waals surface area (Å²) in [6.45, 7) is 1.64. The lowest BCUT2D eigenvalue weighted by Crippen LogP contribution is -2.12. The number of hydrogen-bond donors (Lipinski definition) is 2. The lowest BCUT2D eigenvalue weighted by Gasteiger charge is -2.12. The van der Waals surface area contributed by atoms with Crippen molar-refractivity contribution in [1.29, 1.82) is 0 Å². The number of rotatable bonds is 2. The van der Waals surface area contributed by atoms with Crippen molar-refractivity contribution in [3.63, 3.8) is 0 Å². The van der Waals surface area contributed by atoms with E-state index in [1.54, 1.807) is 6.92 Å². The summed E-state index contributed by atoms with van der Waals surface area (Å²) in [6, 6.07) is -0.325. The van der Waals surface area contributed by atoms with Gasteiger partial charge in [-0.2, -0.15) is 0 Å². The van der Waals surface area contributed by atoms with Crippen molar-refractivity contribution in [2.75, 3.05) is 0 Å². The van der Waals surface area contributed by atoms with Gasteiger partial charge in [0.1, 0.15) is 5.75 Å². The van der Waals surface area contributed by atoms with Crippen molar-refractivity contribution in [3.8, 4) is 5.75 Å². The van der Waals surface area contributed by atoms with E-state index in [4.69, 9.17) is 5.73 Å². The monoisotopic (exact) mass is 241 g/mol. The summed E-state index contributed by atoms with van der Waals surface area (Å²) in [6.07, 6.45) is 0.315. The number of aromatic hydroxyl groups is 1. The summed E-state index contributed by atoms with van der Waals surface area (Å²) >= 11 is 0. The molecular weight excluding hydrogens is 231 g/mol. The van der Waals surface area contributed by atoms with Gasteiger partial charge >= 0.3 is 0 Å². The molecule has 2 nitrogen and oxygen atoms in total. The highest BCUT2D eigenvalue weighted by atomic mass is 35.5. The van der Waals surface area contributed by atoms with Gasteiger partial charge in [-0.3, -0.25) is 0 Å². The smallest absolute Gasteiger partial charge is 0.195 e. The van der Waals surface area contributed by atoms with Crippen LogP contribution in [0.5, 0.6) is 5.75 Å². The molecule has 1 atom stereocenters. The van der Waals surface area contributed by atoms with E-state index in [0.717, 1.165) is 0 Å². The summed E-state index contributed by atoms with van der Waals surface area (Å²) in [5.74, 6) is -5.11. The predicted octanol–water partition coefficient (Wildman–Crippen LogP) is 2.64. The van der Waals surface area contributed by atoms with Crippen LogP contribution in [-0.4, -0.2) is 5.11 Å². The van der Waals surface area contributed by atoms with Crippen molar-refractivity contribution in [2.45, 2.75) is 19.4 Å². The third-order valence-electron chi connectivity index (χ3n) is 1.99. The summed E-state index contributed by atoms with van der Waals surface area (Å²) in [4.78, 5) is 0. The Morgan fingerprint density at radius 2 is 1.87 bits per heavy atom. The van der Waals surface area contributed by atoms with E-state index < -0.39 is 29.2 Å². The van der Waals surface area contributed by atoms with Crippen LogP contribution < -0.4 is 5.73 Å². The van der Waals surface area contributed by atoms with Crippen molar-refractivity contribution in [2.24, 2.45) is 5.73 Å². The molecule has 86 valence electrons. The SMILES string of the molecule is CC[C@H](N)c1c(O)cc(F)c(F)c1F.Cl. The molecule has 0 heterocycles. The lowest BCUT2D eigenvalue weighted by molar-refractivity contribution is 0.399.